The van der Waals surface area contributed by atoms with Crippen LogP contribution in [-0.4, -0.2) is 20.2 Å². The van der Waals surface area contributed by atoms with Crippen molar-refractivity contribution < 1.29 is 13.2 Å². The van der Waals surface area contributed by atoms with Crippen molar-refractivity contribution in [1.82, 2.24) is 20.2 Å². The third kappa shape index (κ3) is 2.14. The number of alkyl halides is 3. The Kier molecular flexibility index (Phi) is 2.48. The van der Waals surface area contributed by atoms with Crippen LogP contribution in [-0.2, 0) is 6.18 Å². The molecule has 3 aromatic rings. The predicted molar refractivity (Wildman–Crippen MR) is 62.1 cm³/mol. The summed E-state index contributed by atoms with van der Waals surface area (Å²) in [6.07, 6.45) is -3.05. The maximum atomic E-state index is 12.5. The molecular weight excluding hydrogens is 257 g/mol. The molecule has 0 amide bonds. The minimum atomic E-state index is -4.45. The van der Waals surface area contributed by atoms with E-state index in [1.807, 2.05) is 11.2 Å². The molecule has 1 aromatic carbocycles. The Labute approximate surface area is 105 Å². The summed E-state index contributed by atoms with van der Waals surface area (Å²) in [7, 11) is 0. The van der Waals surface area contributed by atoms with Crippen LogP contribution in [0, 0.1) is 0 Å². The number of nitrogens with one attached hydrogen (secondary N) is 1. The number of aromatic amines is 1. The maximum absolute atomic E-state index is 12.5. The Morgan fingerprint density at radius 2 is 1.74 bits per heavy atom. The van der Waals surface area contributed by atoms with Gasteiger partial charge in [-0.25, -0.2) is 4.98 Å². The molecule has 19 heavy (non-hydrogen) atoms. The van der Waals surface area contributed by atoms with Crippen molar-refractivity contribution in [1.29, 1.82) is 0 Å². The average molecular weight is 264 g/mol. The Bertz CT molecular complexity index is 733. The molecule has 0 radical (unpaired) electrons. The first-order valence-electron chi connectivity index (χ1n) is 5.39. The van der Waals surface area contributed by atoms with E-state index in [1.165, 1.54) is 6.20 Å². The van der Waals surface area contributed by atoms with Crippen LogP contribution in [0.25, 0.3) is 22.4 Å². The molecule has 7 heteroatoms. The molecule has 0 aliphatic rings. The molecule has 0 saturated carbocycles. The van der Waals surface area contributed by atoms with Gasteiger partial charge in [-0.15, -0.1) is 0 Å². The number of nitrogens with zero attached hydrogens (tertiary/aromatic N) is 3. The second kappa shape index (κ2) is 4.04. The molecule has 0 fully saturated rings. The van der Waals surface area contributed by atoms with Crippen LogP contribution in [0.5, 0.6) is 0 Å². The van der Waals surface area contributed by atoms with Crippen molar-refractivity contribution in [3.05, 3.63) is 42.2 Å². The van der Waals surface area contributed by atoms with Crippen LogP contribution < -0.4 is 0 Å². The standard InChI is InChI=1S/C12H7F3N4/c13-12(14,15)11-5-9(18-19-11)10-6-16-7-3-1-2-4-8(7)17-10/h1-6H,(H,18,19). The van der Waals surface area contributed by atoms with Gasteiger partial charge in [-0.2, -0.15) is 18.3 Å². The average Bonchev–Trinajstić information content (AvgIpc) is 2.87. The Hall–Kier alpha value is -2.44. The zero-order valence-corrected chi connectivity index (χ0v) is 9.44. The number of aromatic nitrogens is 4. The molecule has 0 unspecified atom stereocenters. The lowest BCUT2D eigenvalue weighted by molar-refractivity contribution is -0.141. The van der Waals surface area contributed by atoms with E-state index in [0.717, 1.165) is 6.07 Å². The van der Waals surface area contributed by atoms with Gasteiger partial charge in [-0.05, 0) is 18.2 Å². The van der Waals surface area contributed by atoms with E-state index < -0.39 is 11.9 Å². The maximum Gasteiger partial charge on any atom is 0.432 e. The van der Waals surface area contributed by atoms with Crippen LogP contribution in [0.3, 0.4) is 0 Å². The van der Waals surface area contributed by atoms with Gasteiger partial charge < -0.3 is 0 Å². The zero-order valence-electron chi connectivity index (χ0n) is 9.44. The van der Waals surface area contributed by atoms with Crippen molar-refractivity contribution in [2.45, 2.75) is 6.18 Å². The van der Waals surface area contributed by atoms with Crippen molar-refractivity contribution >= 4 is 11.0 Å². The van der Waals surface area contributed by atoms with Gasteiger partial charge >= 0.3 is 6.18 Å². The van der Waals surface area contributed by atoms with Crippen LogP contribution >= 0.6 is 0 Å². The van der Waals surface area contributed by atoms with Gasteiger partial charge in [0, 0.05) is 0 Å². The van der Waals surface area contributed by atoms with E-state index in [4.69, 9.17) is 0 Å². The van der Waals surface area contributed by atoms with E-state index in [1.54, 1.807) is 18.2 Å². The number of halogens is 3. The summed E-state index contributed by atoms with van der Waals surface area (Å²) in [4.78, 5) is 8.36. The van der Waals surface area contributed by atoms with Gasteiger partial charge in [0.2, 0.25) is 0 Å². The summed E-state index contributed by atoms with van der Waals surface area (Å²) in [5.74, 6) is 0. The van der Waals surface area contributed by atoms with Gasteiger partial charge in [0.05, 0.1) is 17.2 Å². The normalized spacial score (nSPS) is 11.9. The monoisotopic (exact) mass is 264 g/mol. The van der Waals surface area contributed by atoms with Gasteiger partial charge in [0.15, 0.2) is 0 Å². The van der Waals surface area contributed by atoms with E-state index in [-0.39, 0.29) is 5.69 Å². The molecule has 2 heterocycles. The molecule has 0 spiro atoms. The minimum Gasteiger partial charge on any atom is -0.273 e. The number of hydrogen-bond donors (Lipinski definition) is 1. The van der Waals surface area contributed by atoms with Crippen molar-refractivity contribution in [3.63, 3.8) is 0 Å². The smallest absolute Gasteiger partial charge is 0.273 e. The topological polar surface area (TPSA) is 54.5 Å². The molecule has 1 N–H and O–H groups in total. The lowest BCUT2D eigenvalue weighted by Gasteiger charge is -2.00. The molecule has 2 aromatic heterocycles. The fourth-order valence-corrected chi connectivity index (χ4v) is 1.68. The molecule has 0 atom stereocenters. The molecule has 0 saturated heterocycles. The number of rotatable bonds is 1. The minimum absolute atomic E-state index is 0.116. The highest BCUT2D eigenvalue weighted by atomic mass is 19.4. The van der Waals surface area contributed by atoms with Gasteiger partial charge in [-0.3, -0.25) is 10.1 Å². The Morgan fingerprint density at radius 1 is 1.00 bits per heavy atom. The number of H-pyrrole nitrogens is 1. The van der Waals surface area contributed by atoms with Gasteiger partial charge in [-0.1, -0.05) is 12.1 Å². The largest absolute Gasteiger partial charge is 0.432 e. The van der Waals surface area contributed by atoms with Crippen LogP contribution in [0.15, 0.2) is 36.5 Å². The predicted octanol–water partition coefficient (Wildman–Crippen LogP) is 3.04. The second-order valence-electron chi connectivity index (χ2n) is 3.91. The van der Waals surface area contributed by atoms with E-state index in [9.17, 15) is 13.2 Å². The van der Waals surface area contributed by atoms with Gasteiger partial charge in [0.25, 0.3) is 0 Å². The van der Waals surface area contributed by atoms with Crippen molar-refractivity contribution in [2.75, 3.05) is 0 Å². The summed E-state index contributed by atoms with van der Waals surface area (Å²) in [5.41, 5.74) is 0.794. The summed E-state index contributed by atoms with van der Waals surface area (Å²) < 4.78 is 37.4. The molecule has 4 nitrogen and oxygen atoms in total. The first-order valence-corrected chi connectivity index (χ1v) is 5.39. The lowest BCUT2D eigenvalue weighted by Crippen LogP contribution is -2.04. The SMILES string of the molecule is FC(F)(F)c1cc(-c2cnc3ccccc3n2)n[nH]1. The lowest BCUT2D eigenvalue weighted by atomic mass is 10.2. The fraction of sp³-hybridized carbons (Fsp3) is 0.0833. The van der Waals surface area contributed by atoms with Crippen molar-refractivity contribution in [3.8, 4) is 11.4 Å². The number of hydrogen-bond acceptors (Lipinski definition) is 3. The Morgan fingerprint density at radius 3 is 2.42 bits per heavy atom. The first kappa shape index (κ1) is 11.6. The van der Waals surface area contributed by atoms with Crippen LogP contribution in [0.1, 0.15) is 5.69 Å². The number of para-hydroxylation sites is 2. The quantitative estimate of drug-likeness (QED) is 0.735. The zero-order chi connectivity index (χ0) is 13.5. The highest BCUT2D eigenvalue weighted by Gasteiger charge is 2.33. The number of benzene rings is 1. The summed E-state index contributed by atoms with van der Waals surface area (Å²) in [5, 5.41) is 5.56. The first-order chi connectivity index (χ1) is 9.04. The third-order valence-electron chi connectivity index (χ3n) is 2.59. The van der Waals surface area contributed by atoms with Crippen LogP contribution in [0.4, 0.5) is 13.2 Å². The summed E-state index contributed by atoms with van der Waals surface area (Å²) >= 11 is 0. The molecule has 96 valence electrons. The Balaban J connectivity index is 2.07. The fourth-order valence-electron chi connectivity index (χ4n) is 1.68. The number of fused-ring (bicyclic) bond motifs is 1. The summed E-state index contributed by atoms with van der Waals surface area (Å²) in [6.45, 7) is 0. The van der Waals surface area contributed by atoms with E-state index in [0.29, 0.717) is 16.7 Å². The second-order valence-corrected chi connectivity index (χ2v) is 3.91. The van der Waals surface area contributed by atoms with E-state index >= 15 is 0 Å². The molecule has 3 rings (SSSR count). The van der Waals surface area contributed by atoms with Gasteiger partial charge in [0.1, 0.15) is 17.1 Å². The van der Waals surface area contributed by atoms with Crippen LogP contribution in [0.2, 0.25) is 0 Å². The van der Waals surface area contributed by atoms with E-state index in [2.05, 4.69) is 15.1 Å². The summed E-state index contributed by atoms with van der Waals surface area (Å²) in [6, 6.07) is 8.03. The molecular formula is C12H7F3N4. The molecule has 0 aliphatic carbocycles. The molecule has 0 bridgehead atoms. The molecule has 0 aliphatic heterocycles. The highest BCUT2D eigenvalue weighted by Crippen LogP contribution is 2.29. The third-order valence-corrected chi connectivity index (χ3v) is 2.59. The van der Waals surface area contributed by atoms with Crippen molar-refractivity contribution in [2.24, 2.45) is 0 Å². The highest BCUT2D eigenvalue weighted by molar-refractivity contribution is 5.76.